The molecular weight excluding hydrogens is 346 g/mol. The zero-order valence-corrected chi connectivity index (χ0v) is 12.4. The molecule has 0 aromatic rings. The standard InChI is InChI=1S/C14H16F6O4/c15-13(16,17)12(14(18,19)20)11(8-4-2-1-3-5-8)24-10(23)7-6-9(21)22/h6-8,11-12H,1-5H2,(H,21,22)/b7-6+. The van der Waals surface area contributed by atoms with Crippen LogP contribution in [0.25, 0.3) is 0 Å². The molecule has 1 aliphatic carbocycles. The summed E-state index contributed by atoms with van der Waals surface area (Å²) in [5.74, 6) is -8.03. The van der Waals surface area contributed by atoms with Gasteiger partial charge >= 0.3 is 24.3 Å². The maximum absolute atomic E-state index is 13.0. The van der Waals surface area contributed by atoms with Crippen molar-refractivity contribution in [3.63, 3.8) is 0 Å². The van der Waals surface area contributed by atoms with E-state index in [4.69, 9.17) is 5.11 Å². The summed E-state index contributed by atoms with van der Waals surface area (Å²) in [5, 5.41) is 8.36. The van der Waals surface area contributed by atoms with Crippen molar-refractivity contribution in [2.45, 2.75) is 50.6 Å². The Hall–Kier alpha value is -1.74. The lowest BCUT2D eigenvalue weighted by atomic mass is 9.79. The zero-order valence-electron chi connectivity index (χ0n) is 12.4. The lowest BCUT2D eigenvalue weighted by molar-refractivity contribution is -0.312. The lowest BCUT2D eigenvalue weighted by Gasteiger charge is -2.36. The van der Waals surface area contributed by atoms with Gasteiger partial charge in [-0.1, -0.05) is 19.3 Å². The van der Waals surface area contributed by atoms with Crippen LogP contribution >= 0.6 is 0 Å². The molecule has 1 aliphatic rings. The Morgan fingerprint density at radius 2 is 1.46 bits per heavy atom. The van der Waals surface area contributed by atoms with E-state index in [1.54, 1.807) is 0 Å². The number of ether oxygens (including phenoxy) is 1. The number of carbonyl (C=O) groups is 2. The van der Waals surface area contributed by atoms with Crippen LogP contribution in [-0.4, -0.2) is 35.5 Å². The second kappa shape index (κ2) is 7.89. The third-order valence-corrected chi connectivity index (χ3v) is 3.76. The van der Waals surface area contributed by atoms with Gasteiger partial charge in [-0.25, -0.2) is 9.59 Å². The van der Waals surface area contributed by atoms with Crippen molar-refractivity contribution >= 4 is 11.9 Å². The number of carboxylic acids is 1. The minimum atomic E-state index is -5.64. The van der Waals surface area contributed by atoms with E-state index in [-0.39, 0.29) is 18.9 Å². The van der Waals surface area contributed by atoms with Crippen LogP contribution in [-0.2, 0) is 14.3 Å². The maximum atomic E-state index is 13.0. The molecule has 1 fully saturated rings. The highest BCUT2D eigenvalue weighted by Gasteiger charge is 2.63. The number of hydrogen-bond donors (Lipinski definition) is 1. The quantitative estimate of drug-likeness (QED) is 0.458. The van der Waals surface area contributed by atoms with E-state index < -0.39 is 42.2 Å². The summed E-state index contributed by atoms with van der Waals surface area (Å²) in [4.78, 5) is 21.7. The molecule has 0 aliphatic heterocycles. The molecule has 0 bridgehead atoms. The Bertz CT molecular complexity index is 463. The summed E-state index contributed by atoms with van der Waals surface area (Å²) >= 11 is 0. The highest BCUT2D eigenvalue weighted by Crippen LogP contribution is 2.46. The molecular formula is C14H16F6O4. The van der Waals surface area contributed by atoms with Gasteiger partial charge in [0.2, 0.25) is 0 Å². The minimum absolute atomic E-state index is 0.0727. The smallest absolute Gasteiger partial charge is 0.404 e. The Morgan fingerprint density at radius 1 is 0.958 bits per heavy atom. The van der Waals surface area contributed by atoms with E-state index in [9.17, 15) is 35.9 Å². The van der Waals surface area contributed by atoms with Crippen LogP contribution in [0.3, 0.4) is 0 Å². The van der Waals surface area contributed by atoms with E-state index in [1.165, 1.54) is 0 Å². The summed E-state index contributed by atoms with van der Waals surface area (Å²) in [6.07, 6.45) is -11.4. The first kappa shape index (κ1) is 20.3. The van der Waals surface area contributed by atoms with Gasteiger partial charge in [0.1, 0.15) is 6.10 Å². The first-order valence-corrected chi connectivity index (χ1v) is 7.18. The molecule has 1 atom stereocenters. The van der Waals surface area contributed by atoms with Crippen molar-refractivity contribution in [2.24, 2.45) is 11.8 Å². The lowest BCUT2D eigenvalue weighted by Crippen LogP contribution is -2.50. The van der Waals surface area contributed by atoms with Gasteiger partial charge in [-0.2, -0.15) is 26.3 Å². The minimum Gasteiger partial charge on any atom is -0.478 e. The van der Waals surface area contributed by atoms with Crippen LogP contribution in [0.1, 0.15) is 32.1 Å². The van der Waals surface area contributed by atoms with E-state index in [0.717, 1.165) is 0 Å². The molecule has 24 heavy (non-hydrogen) atoms. The fraction of sp³-hybridized carbons (Fsp3) is 0.714. The Labute approximate surface area is 133 Å². The SMILES string of the molecule is O=C(O)/C=C/C(=O)OC(C1CCCCC1)C(C(F)(F)F)C(F)(F)F. The Morgan fingerprint density at radius 3 is 1.88 bits per heavy atom. The van der Waals surface area contributed by atoms with E-state index in [1.807, 2.05) is 0 Å². The van der Waals surface area contributed by atoms with Crippen molar-refractivity contribution in [1.82, 2.24) is 0 Å². The van der Waals surface area contributed by atoms with Crippen LogP contribution in [0.5, 0.6) is 0 Å². The summed E-state index contributed by atoms with van der Waals surface area (Å²) in [6, 6.07) is 0. The first-order valence-electron chi connectivity index (χ1n) is 7.18. The Balaban J connectivity index is 3.11. The Kier molecular flexibility index (Phi) is 6.67. The summed E-state index contributed by atoms with van der Waals surface area (Å²) in [6.45, 7) is 0. The van der Waals surface area contributed by atoms with E-state index >= 15 is 0 Å². The molecule has 0 amide bonds. The number of carboxylic acid groups (broad SMARTS) is 1. The van der Waals surface area contributed by atoms with Crippen LogP contribution in [0.2, 0.25) is 0 Å². The van der Waals surface area contributed by atoms with Gasteiger partial charge in [-0.3, -0.25) is 0 Å². The largest absolute Gasteiger partial charge is 0.478 e. The van der Waals surface area contributed by atoms with Crippen molar-refractivity contribution in [3.8, 4) is 0 Å². The van der Waals surface area contributed by atoms with Gasteiger partial charge in [-0.05, 0) is 18.8 Å². The number of rotatable bonds is 5. The molecule has 0 aromatic carbocycles. The third-order valence-electron chi connectivity index (χ3n) is 3.76. The van der Waals surface area contributed by atoms with Gasteiger partial charge < -0.3 is 9.84 Å². The molecule has 1 rings (SSSR count). The molecule has 0 spiro atoms. The van der Waals surface area contributed by atoms with Crippen molar-refractivity contribution in [3.05, 3.63) is 12.2 Å². The topological polar surface area (TPSA) is 63.6 Å². The second-order valence-electron chi connectivity index (χ2n) is 5.53. The zero-order chi connectivity index (χ0) is 18.5. The average molecular weight is 362 g/mol. The second-order valence-corrected chi connectivity index (χ2v) is 5.53. The fourth-order valence-corrected chi connectivity index (χ4v) is 2.77. The highest BCUT2D eigenvalue weighted by molar-refractivity contribution is 5.90. The number of carbonyl (C=O) groups excluding carboxylic acids is 1. The molecule has 0 saturated heterocycles. The molecule has 1 saturated carbocycles. The van der Waals surface area contributed by atoms with Crippen LogP contribution in [0, 0.1) is 11.8 Å². The molecule has 1 unspecified atom stereocenters. The average Bonchev–Trinajstić information content (AvgIpc) is 2.42. The van der Waals surface area contributed by atoms with Gasteiger partial charge in [0.25, 0.3) is 0 Å². The van der Waals surface area contributed by atoms with Crippen LogP contribution in [0.15, 0.2) is 12.2 Å². The molecule has 4 nitrogen and oxygen atoms in total. The first-order chi connectivity index (χ1) is 10.9. The fourth-order valence-electron chi connectivity index (χ4n) is 2.77. The van der Waals surface area contributed by atoms with E-state index in [0.29, 0.717) is 25.3 Å². The van der Waals surface area contributed by atoms with Crippen LogP contribution < -0.4 is 0 Å². The van der Waals surface area contributed by atoms with Gasteiger partial charge in [0, 0.05) is 12.2 Å². The molecule has 0 radical (unpaired) electrons. The maximum Gasteiger partial charge on any atom is 0.404 e. The number of esters is 1. The highest BCUT2D eigenvalue weighted by atomic mass is 19.4. The summed E-state index contributed by atoms with van der Waals surface area (Å²) < 4.78 is 82.2. The summed E-state index contributed by atoms with van der Waals surface area (Å²) in [5.41, 5.74) is 0. The van der Waals surface area contributed by atoms with Gasteiger partial charge in [0.15, 0.2) is 5.92 Å². The normalized spacial score (nSPS) is 18.8. The third kappa shape index (κ3) is 6.04. The van der Waals surface area contributed by atoms with Gasteiger partial charge in [0.05, 0.1) is 0 Å². The van der Waals surface area contributed by atoms with Crippen molar-refractivity contribution < 1.29 is 45.8 Å². The van der Waals surface area contributed by atoms with Gasteiger partial charge in [-0.15, -0.1) is 0 Å². The summed E-state index contributed by atoms with van der Waals surface area (Å²) in [7, 11) is 0. The van der Waals surface area contributed by atoms with Crippen molar-refractivity contribution in [2.75, 3.05) is 0 Å². The van der Waals surface area contributed by atoms with Crippen molar-refractivity contribution in [1.29, 1.82) is 0 Å². The van der Waals surface area contributed by atoms with E-state index in [2.05, 4.69) is 4.74 Å². The molecule has 0 heterocycles. The predicted octanol–water partition coefficient (Wildman–Crippen LogP) is 3.86. The molecule has 1 N–H and O–H groups in total. The number of aliphatic carboxylic acids is 1. The molecule has 10 heteroatoms. The predicted molar refractivity (Wildman–Crippen MR) is 68.8 cm³/mol. The number of halogens is 6. The monoisotopic (exact) mass is 362 g/mol. The molecule has 0 aromatic heterocycles. The number of hydrogen-bond acceptors (Lipinski definition) is 3. The van der Waals surface area contributed by atoms with Crippen LogP contribution in [0.4, 0.5) is 26.3 Å². The number of alkyl halides is 6. The molecule has 138 valence electrons.